The maximum atomic E-state index is 12.9. The Bertz CT molecular complexity index is 506. The Morgan fingerprint density at radius 3 is 2.72 bits per heavy atom. The van der Waals surface area contributed by atoms with Gasteiger partial charge < -0.3 is 10.0 Å². The Labute approximate surface area is 112 Å². The quantitative estimate of drug-likeness (QED) is 0.909. The maximum absolute atomic E-state index is 12.9. The number of carbonyl (C=O) groups excluding carboxylic acids is 1. The summed E-state index contributed by atoms with van der Waals surface area (Å²) in [5.74, 6) is -2.09. The van der Waals surface area contributed by atoms with Crippen molar-refractivity contribution < 1.29 is 19.1 Å². The monoisotopic (exact) mass is 315 g/mol. The fraction of sp³-hybridized carbons (Fsp3) is 0.333. The molecule has 0 aliphatic carbocycles. The second-order valence-electron chi connectivity index (χ2n) is 4.20. The lowest BCUT2D eigenvalue weighted by Crippen LogP contribution is -2.30. The van der Waals surface area contributed by atoms with E-state index in [0.29, 0.717) is 23.0 Å². The molecule has 6 heteroatoms. The molecule has 96 valence electrons. The van der Waals surface area contributed by atoms with Gasteiger partial charge in [-0.25, -0.2) is 4.39 Å². The van der Waals surface area contributed by atoms with E-state index in [2.05, 4.69) is 15.9 Å². The van der Waals surface area contributed by atoms with Gasteiger partial charge in [0.2, 0.25) is 0 Å². The normalized spacial score (nSPS) is 19.0. The molecule has 4 nitrogen and oxygen atoms in total. The molecule has 1 atom stereocenters. The van der Waals surface area contributed by atoms with Crippen LogP contribution in [0.2, 0.25) is 0 Å². The summed E-state index contributed by atoms with van der Waals surface area (Å²) >= 11 is 3.14. The lowest BCUT2D eigenvalue weighted by Gasteiger charge is -2.16. The SMILES string of the molecule is O=C(O)[C@H]1CCN(C(=O)c2ccc(F)cc2Br)C1. The highest BCUT2D eigenvalue weighted by Gasteiger charge is 2.31. The van der Waals surface area contributed by atoms with Crippen molar-refractivity contribution >= 4 is 27.8 Å². The van der Waals surface area contributed by atoms with Gasteiger partial charge in [-0.1, -0.05) is 0 Å². The smallest absolute Gasteiger partial charge is 0.308 e. The summed E-state index contributed by atoms with van der Waals surface area (Å²) in [7, 11) is 0. The van der Waals surface area contributed by atoms with Crippen molar-refractivity contribution in [1.29, 1.82) is 0 Å². The molecule has 1 fully saturated rings. The second kappa shape index (κ2) is 5.06. The number of likely N-dealkylation sites (tertiary alicyclic amines) is 1. The molecule has 0 saturated carbocycles. The molecule has 1 heterocycles. The molecule has 0 radical (unpaired) electrons. The number of halogens is 2. The Morgan fingerprint density at radius 2 is 2.17 bits per heavy atom. The highest BCUT2D eigenvalue weighted by Crippen LogP contribution is 2.23. The molecular formula is C12H11BrFNO3. The van der Waals surface area contributed by atoms with E-state index in [-0.39, 0.29) is 12.5 Å². The van der Waals surface area contributed by atoms with Gasteiger partial charge in [0.15, 0.2) is 0 Å². The van der Waals surface area contributed by atoms with E-state index in [4.69, 9.17) is 5.11 Å². The van der Waals surface area contributed by atoms with E-state index < -0.39 is 17.7 Å². The molecule has 1 aliphatic heterocycles. The molecule has 18 heavy (non-hydrogen) atoms. The minimum atomic E-state index is -0.886. The van der Waals surface area contributed by atoms with Crippen LogP contribution >= 0.6 is 15.9 Å². The summed E-state index contributed by atoms with van der Waals surface area (Å²) in [4.78, 5) is 24.4. The first-order valence-corrected chi connectivity index (χ1v) is 6.25. The lowest BCUT2D eigenvalue weighted by atomic mass is 10.1. The summed E-state index contributed by atoms with van der Waals surface area (Å²) in [6.07, 6.45) is 0.458. The predicted molar refractivity (Wildman–Crippen MR) is 65.7 cm³/mol. The highest BCUT2D eigenvalue weighted by molar-refractivity contribution is 9.10. The van der Waals surface area contributed by atoms with Crippen molar-refractivity contribution in [3.8, 4) is 0 Å². The molecule has 0 aromatic heterocycles. The first-order valence-electron chi connectivity index (χ1n) is 5.46. The number of amides is 1. The summed E-state index contributed by atoms with van der Waals surface area (Å²) in [6, 6.07) is 3.83. The molecule has 2 rings (SSSR count). The predicted octanol–water partition coefficient (Wildman–Crippen LogP) is 2.13. The van der Waals surface area contributed by atoms with Crippen molar-refractivity contribution in [3.63, 3.8) is 0 Å². The Hall–Kier alpha value is -1.43. The fourth-order valence-corrected chi connectivity index (χ4v) is 2.50. The Balaban J connectivity index is 2.15. The standard InChI is InChI=1S/C12H11BrFNO3/c13-10-5-8(14)1-2-9(10)11(16)15-4-3-7(6-15)12(17)18/h1-2,5,7H,3-4,6H2,(H,17,18)/t7-/m0/s1. The molecule has 1 saturated heterocycles. The average Bonchev–Trinajstić information content (AvgIpc) is 2.77. The van der Waals surface area contributed by atoms with Crippen molar-refractivity contribution in [2.75, 3.05) is 13.1 Å². The van der Waals surface area contributed by atoms with Crippen molar-refractivity contribution in [1.82, 2.24) is 4.90 Å². The average molecular weight is 316 g/mol. The van der Waals surface area contributed by atoms with E-state index in [0.717, 1.165) is 0 Å². The van der Waals surface area contributed by atoms with Gasteiger partial charge in [-0.2, -0.15) is 0 Å². The molecule has 1 amide bonds. The number of hydrogen-bond acceptors (Lipinski definition) is 2. The lowest BCUT2D eigenvalue weighted by molar-refractivity contribution is -0.141. The first-order chi connectivity index (χ1) is 8.49. The third-order valence-corrected chi connectivity index (χ3v) is 3.64. The molecular weight excluding hydrogens is 305 g/mol. The minimum Gasteiger partial charge on any atom is -0.481 e. The molecule has 1 aromatic carbocycles. The number of rotatable bonds is 2. The number of benzene rings is 1. The van der Waals surface area contributed by atoms with E-state index in [1.165, 1.54) is 23.1 Å². The van der Waals surface area contributed by atoms with E-state index in [1.54, 1.807) is 0 Å². The summed E-state index contributed by atoms with van der Waals surface area (Å²) in [6.45, 7) is 0.623. The van der Waals surface area contributed by atoms with Crippen LogP contribution in [0.25, 0.3) is 0 Å². The van der Waals surface area contributed by atoms with Crippen LogP contribution < -0.4 is 0 Å². The zero-order valence-electron chi connectivity index (χ0n) is 9.40. The van der Waals surface area contributed by atoms with Crippen LogP contribution in [0.5, 0.6) is 0 Å². The molecule has 0 unspecified atom stereocenters. The van der Waals surface area contributed by atoms with Gasteiger partial charge in [0.25, 0.3) is 5.91 Å². The summed E-state index contributed by atoms with van der Waals surface area (Å²) < 4.78 is 13.3. The van der Waals surface area contributed by atoms with E-state index >= 15 is 0 Å². The van der Waals surface area contributed by atoms with Crippen LogP contribution in [0, 0.1) is 11.7 Å². The topological polar surface area (TPSA) is 57.6 Å². The van der Waals surface area contributed by atoms with Crippen LogP contribution in [-0.2, 0) is 4.79 Å². The Morgan fingerprint density at radius 1 is 1.44 bits per heavy atom. The molecule has 0 spiro atoms. The van der Waals surface area contributed by atoms with Crippen molar-refractivity contribution in [2.24, 2.45) is 5.92 Å². The molecule has 1 N–H and O–H groups in total. The van der Waals surface area contributed by atoms with Crippen molar-refractivity contribution in [2.45, 2.75) is 6.42 Å². The second-order valence-corrected chi connectivity index (χ2v) is 5.05. The van der Waals surface area contributed by atoms with E-state index in [9.17, 15) is 14.0 Å². The van der Waals surface area contributed by atoms with E-state index in [1.807, 2.05) is 0 Å². The van der Waals surface area contributed by atoms with Gasteiger partial charge in [0.05, 0.1) is 11.5 Å². The van der Waals surface area contributed by atoms with Crippen LogP contribution in [0.4, 0.5) is 4.39 Å². The third kappa shape index (κ3) is 2.53. The number of carbonyl (C=O) groups is 2. The molecule has 1 aliphatic rings. The van der Waals surface area contributed by atoms with Gasteiger partial charge in [-0.05, 0) is 40.5 Å². The zero-order chi connectivity index (χ0) is 13.3. The highest BCUT2D eigenvalue weighted by atomic mass is 79.9. The fourth-order valence-electron chi connectivity index (χ4n) is 1.98. The number of nitrogens with zero attached hydrogens (tertiary/aromatic N) is 1. The van der Waals surface area contributed by atoms with Gasteiger partial charge >= 0.3 is 5.97 Å². The van der Waals surface area contributed by atoms with Gasteiger partial charge in [-0.15, -0.1) is 0 Å². The van der Waals surface area contributed by atoms with Gasteiger partial charge in [0, 0.05) is 17.6 Å². The van der Waals surface area contributed by atoms with Crippen molar-refractivity contribution in [3.05, 3.63) is 34.1 Å². The van der Waals surface area contributed by atoms with Crippen LogP contribution in [0.15, 0.2) is 22.7 Å². The minimum absolute atomic E-state index is 0.206. The van der Waals surface area contributed by atoms with Gasteiger partial charge in [0.1, 0.15) is 5.82 Å². The zero-order valence-corrected chi connectivity index (χ0v) is 11.0. The number of aliphatic carboxylic acids is 1. The largest absolute Gasteiger partial charge is 0.481 e. The van der Waals surface area contributed by atoms with Crippen LogP contribution in [0.1, 0.15) is 16.8 Å². The summed E-state index contributed by atoms with van der Waals surface area (Å²) in [5.41, 5.74) is 0.349. The first kappa shape index (κ1) is 13.0. The van der Waals surface area contributed by atoms with Crippen LogP contribution in [-0.4, -0.2) is 35.0 Å². The van der Waals surface area contributed by atoms with Crippen LogP contribution in [0.3, 0.4) is 0 Å². The summed E-state index contributed by atoms with van der Waals surface area (Å²) in [5, 5.41) is 8.88. The molecule has 0 bridgehead atoms. The number of carboxylic acids is 1. The third-order valence-electron chi connectivity index (χ3n) is 2.99. The maximum Gasteiger partial charge on any atom is 0.308 e. The number of carboxylic acid groups (broad SMARTS) is 1. The Kier molecular flexibility index (Phi) is 3.65. The number of hydrogen-bond donors (Lipinski definition) is 1. The molecule has 1 aromatic rings. The van der Waals surface area contributed by atoms with Gasteiger partial charge in [-0.3, -0.25) is 9.59 Å².